The van der Waals surface area contributed by atoms with E-state index in [1.165, 1.54) is 24.0 Å². The highest BCUT2D eigenvalue weighted by molar-refractivity contribution is 5.43. The molecule has 30 heavy (non-hydrogen) atoms. The highest BCUT2D eigenvalue weighted by Gasteiger charge is 2.32. The van der Waals surface area contributed by atoms with Crippen molar-refractivity contribution >= 4 is 0 Å². The van der Waals surface area contributed by atoms with Crippen molar-refractivity contribution in [2.75, 3.05) is 14.1 Å². The van der Waals surface area contributed by atoms with Crippen LogP contribution in [-0.2, 0) is 13.1 Å². The molecule has 1 aliphatic carbocycles. The molecular formula is C26H38N2O2. The molecule has 2 atom stereocenters. The maximum absolute atomic E-state index is 10.6. The molecule has 0 unspecified atom stereocenters. The third kappa shape index (κ3) is 4.98. The molecule has 0 radical (unpaired) electrons. The van der Waals surface area contributed by atoms with Crippen molar-refractivity contribution in [3.8, 4) is 11.5 Å². The van der Waals surface area contributed by atoms with Crippen LogP contribution in [0.25, 0.3) is 0 Å². The molecule has 2 aromatic rings. The fourth-order valence-electron chi connectivity index (χ4n) is 5.23. The normalized spacial score (nSPS) is 19.6. The zero-order valence-electron chi connectivity index (χ0n) is 19.5. The van der Waals surface area contributed by atoms with E-state index in [2.05, 4.69) is 49.9 Å². The molecule has 164 valence electrons. The van der Waals surface area contributed by atoms with Crippen molar-refractivity contribution < 1.29 is 10.2 Å². The molecule has 0 aliphatic heterocycles. The summed E-state index contributed by atoms with van der Waals surface area (Å²) in [6, 6.07) is 9.13. The van der Waals surface area contributed by atoms with Crippen LogP contribution in [0.2, 0.25) is 0 Å². The number of benzene rings is 2. The Labute approximate surface area is 182 Å². The second-order valence-corrected chi connectivity index (χ2v) is 9.43. The average Bonchev–Trinajstić information content (AvgIpc) is 2.69. The van der Waals surface area contributed by atoms with Crippen LogP contribution in [0.5, 0.6) is 11.5 Å². The molecule has 0 bridgehead atoms. The van der Waals surface area contributed by atoms with E-state index in [1.807, 2.05) is 26.0 Å². The van der Waals surface area contributed by atoms with E-state index < -0.39 is 0 Å². The van der Waals surface area contributed by atoms with Gasteiger partial charge in [0.25, 0.3) is 0 Å². The molecule has 0 heterocycles. The number of aromatic hydroxyl groups is 2. The van der Waals surface area contributed by atoms with Gasteiger partial charge in [-0.15, -0.1) is 0 Å². The number of likely N-dealkylation sites (N-methyl/N-ethyl adjacent to an activating group) is 2. The van der Waals surface area contributed by atoms with Gasteiger partial charge >= 0.3 is 0 Å². The first-order valence-electron chi connectivity index (χ1n) is 11.2. The predicted molar refractivity (Wildman–Crippen MR) is 124 cm³/mol. The Morgan fingerprint density at radius 3 is 1.43 bits per heavy atom. The van der Waals surface area contributed by atoms with E-state index in [0.717, 1.165) is 48.2 Å². The minimum Gasteiger partial charge on any atom is -0.507 e. The van der Waals surface area contributed by atoms with E-state index >= 15 is 0 Å². The number of hydrogen-bond donors (Lipinski definition) is 2. The predicted octanol–water partition coefficient (Wildman–Crippen LogP) is 5.21. The summed E-state index contributed by atoms with van der Waals surface area (Å²) in [5.74, 6) is 0.849. The summed E-state index contributed by atoms with van der Waals surface area (Å²) in [6.45, 7) is 9.61. The Morgan fingerprint density at radius 2 is 1.07 bits per heavy atom. The van der Waals surface area contributed by atoms with Crippen LogP contribution in [0.3, 0.4) is 0 Å². The molecule has 0 saturated heterocycles. The van der Waals surface area contributed by atoms with Crippen molar-refractivity contribution in [1.82, 2.24) is 9.80 Å². The number of rotatable bonds is 6. The topological polar surface area (TPSA) is 46.9 Å². The molecular weight excluding hydrogens is 372 g/mol. The lowest BCUT2D eigenvalue weighted by atomic mass is 9.87. The largest absolute Gasteiger partial charge is 0.507 e. The van der Waals surface area contributed by atoms with Crippen molar-refractivity contribution in [1.29, 1.82) is 0 Å². The Kier molecular flexibility index (Phi) is 7.10. The van der Waals surface area contributed by atoms with Crippen LogP contribution in [-0.4, -0.2) is 46.2 Å². The molecule has 1 saturated carbocycles. The molecule has 4 nitrogen and oxygen atoms in total. The highest BCUT2D eigenvalue weighted by atomic mass is 16.3. The lowest BCUT2D eigenvalue weighted by Gasteiger charge is -2.43. The molecule has 0 amide bonds. The number of nitrogens with zero attached hydrogens (tertiary/aromatic N) is 2. The van der Waals surface area contributed by atoms with E-state index in [9.17, 15) is 10.2 Å². The molecule has 1 aliphatic rings. The van der Waals surface area contributed by atoms with Gasteiger partial charge in [-0.2, -0.15) is 0 Å². The zero-order chi connectivity index (χ0) is 22.0. The van der Waals surface area contributed by atoms with E-state index in [1.54, 1.807) is 0 Å². The first kappa shape index (κ1) is 22.6. The Hall–Kier alpha value is -2.04. The maximum atomic E-state index is 10.6. The lowest BCUT2D eigenvalue weighted by Crippen LogP contribution is -2.50. The van der Waals surface area contributed by atoms with Crippen molar-refractivity contribution in [3.63, 3.8) is 0 Å². The minimum absolute atomic E-state index is 0.424. The SMILES string of the molecule is Cc1cc(C)c(O)c(CN(C)[C@@H]2CCCC[C@H]2N(C)Cc2cc(C)cc(C)c2O)c1. The molecule has 4 heteroatoms. The third-order valence-corrected chi connectivity index (χ3v) is 6.71. The van der Waals surface area contributed by atoms with Crippen molar-refractivity contribution in [3.05, 3.63) is 57.6 Å². The number of phenolic OH excluding ortho intramolecular Hbond substituents is 2. The molecule has 0 aromatic heterocycles. The van der Waals surface area contributed by atoms with Gasteiger partial charge in [-0.05, 0) is 65.8 Å². The Bertz CT molecular complexity index is 820. The minimum atomic E-state index is 0.424. The van der Waals surface area contributed by atoms with Gasteiger partial charge in [0.05, 0.1) is 0 Å². The summed E-state index contributed by atoms with van der Waals surface area (Å²) >= 11 is 0. The van der Waals surface area contributed by atoms with E-state index in [-0.39, 0.29) is 0 Å². The van der Waals surface area contributed by atoms with Crippen molar-refractivity contribution in [2.45, 2.75) is 78.6 Å². The van der Waals surface area contributed by atoms with Gasteiger partial charge in [0.2, 0.25) is 0 Å². The number of hydrogen-bond acceptors (Lipinski definition) is 4. The van der Waals surface area contributed by atoms with Gasteiger partial charge in [0.1, 0.15) is 11.5 Å². The zero-order valence-corrected chi connectivity index (χ0v) is 19.5. The van der Waals surface area contributed by atoms with Gasteiger partial charge in [-0.1, -0.05) is 48.2 Å². The third-order valence-electron chi connectivity index (χ3n) is 6.71. The molecule has 2 aromatic carbocycles. The standard InChI is InChI=1S/C26H38N2O2/c1-17-11-19(3)25(29)21(13-17)15-27(5)23-9-7-8-10-24(23)28(6)16-22-14-18(2)12-20(4)26(22)30/h11-14,23-24,29-30H,7-10,15-16H2,1-6H3/t23-,24-/m1/s1. The Balaban J connectivity index is 1.77. The smallest absolute Gasteiger partial charge is 0.122 e. The molecule has 2 N–H and O–H groups in total. The first-order valence-corrected chi connectivity index (χ1v) is 11.2. The lowest BCUT2D eigenvalue weighted by molar-refractivity contribution is 0.0685. The fraction of sp³-hybridized carbons (Fsp3) is 0.538. The summed E-state index contributed by atoms with van der Waals surface area (Å²) in [6.07, 6.45) is 4.81. The van der Waals surface area contributed by atoms with Crippen LogP contribution >= 0.6 is 0 Å². The van der Waals surface area contributed by atoms with Crippen LogP contribution in [0, 0.1) is 27.7 Å². The summed E-state index contributed by atoms with van der Waals surface area (Å²) in [5.41, 5.74) is 6.29. The van der Waals surface area contributed by atoms with Gasteiger partial charge in [-0.25, -0.2) is 0 Å². The quantitative estimate of drug-likeness (QED) is 0.687. The second kappa shape index (κ2) is 9.40. The molecule has 3 rings (SSSR count). The van der Waals surface area contributed by atoms with Crippen LogP contribution < -0.4 is 0 Å². The molecule has 1 fully saturated rings. The van der Waals surface area contributed by atoms with Crippen molar-refractivity contribution in [2.24, 2.45) is 0 Å². The van der Waals surface area contributed by atoms with Crippen LogP contribution in [0.1, 0.15) is 59.1 Å². The average molecular weight is 411 g/mol. The van der Waals surface area contributed by atoms with E-state index in [4.69, 9.17) is 0 Å². The van der Waals surface area contributed by atoms with E-state index in [0.29, 0.717) is 23.6 Å². The highest BCUT2D eigenvalue weighted by Crippen LogP contribution is 2.32. The monoisotopic (exact) mass is 410 g/mol. The van der Waals surface area contributed by atoms with Gasteiger partial charge in [0, 0.05) is 36.3 Å². The fourth-order valence-corrected chi connectivity index (χ4v) is 5.23. The summed E-state index contributed by atoms with van der Waals surface area (Å²) in [7, 11) is 4.37. The summed E-state index contributed by atoms with van der Waals surface area (Å²) in [4.78, 5) is 4.82. The second-order valence-electron chi connectivity index (χ2n) is 9.43. The van der Waals surface area contributed by atoms with Gasteiger partial charge in [0.15, 0.2) is 0 Å². The van der Waals surface area contributed by atoms with Gasteiger partial charge < -0.3 is 10.2 Å². The number of phenols is 2. The number of aryl methyl sites for hydroxylation is 4. The molecule has 0 spiro atoms. The van der Waals surface area contributed by atoms with Gasteiger partial charge in [-0.3, -0.25) is 9.80 Å². The van der Waals surface area contributed by atoms with Crippen LogP contribution in [0.4, 0.5) is 0 Å². The van der Waals surface area contributed by atoms with Crippen LogP contribution in [0.15, 0.2) is 24.3 Å². The Morgan fingerprint density at radius 1 is 0.700 bits per heavy atom. The summed E-state index contributed by atoms with van der Waals surface area (Å²) < 4.78 is 0. The first-order chi connectivity index (χ1) is 14.2. The maximum Gasteiger partial charge on any atom is 0.122 e. The summed E-state index contributed by atoms with van der Waals surface area (Å²) in [5, 5.41) is 21.1.